The first-order chi connectivity index (χ1) is 13.7. The molecule has 2 aromatic rings. The van der Waals surface area contributed by atoms with E-state index in [1.54, 1.807) is 26.1 Å². The van der Waals surface area contributed by atoms with Crippen LogP contribution in [0.2, 0.25) is 0 Å². The van der Waals surface area contributed by atoms with Gasteiger partial charge in [-0.05, 0) is 30.4 Å². The lowest BCUT2D eigenvalue weighted by Crippen LogP contribution is -2.26. The summed E-state index contributed by atoms with van der Waals surface area (Å²) < 4.78 is 31.5. The second kappa shape index (κ2) is 8.24. The van der Waals surface area contributed by atoms with Crippen LogP contribution in [0, 0.1) is 6.92 Å². The Morgan fingerprint density at radius 3 is 2.38 bits per heavy atom. The number of hydrogen-bond acceptors (Lipinski definition) is 5. The van der Waals surface area contributed by atoms with Crippen LogP contribution in [0.1, 0.15) is 40.6 Å². The van der Waals surface area contributed by atoms with E-state index in [-0.39, 0.29) is 17.7 Å². The summed E-state index contributed by atoms with van der Waals surface area (Å²) in [6, 6.07) is 12.7. The average Bonchev–Trinajstić information content (AvgIpc) is 3.51. The Morgan fingerprint density at radius 2 is 1.83 bits per heavy atom. The van der Waals surface area contributed by atoms with Gasteiger partial charge in [0.1, 0.15) is 11.6 Å². The first-order valence-electron chi connectivity index (χ1n) is 9.33. The van der Waals surface area contributed by atoms with Crippen molar-refractivity contribution in [2.75, 3.05) is 24.7 Å². The van der Waals surface area contributed by atoms with E-state index < -0.39 is 10.0 Å². The van der Waals surface area contributed by atoms with Crippen LogP contribution >= 0.6 is 0 Å². The molecule has 154 valence electrons. The van der Waals surface area contributed by atoms with E-state index in [1.807, 2.05) is 30.3 Å². The molecule has 1 aliphatic rings. The fourth-order valence-corrected chi connectivity index (χ4v) is 3.46. The zero-order valence-electron chi connectivity index (χ0n) is 17.0. The van der Waals surface area contributed by atoms with Crippen LogP contribution in [-0.4, -0.2) is 39.7 Å². The molecule has 1 aliphatic carbocycles. The molecular weight excluding hydrogens is 390 g/mol. The first-order valence-corrected chi connectivity index (χ1v) is 11.2. The monoisotopic (exact) mass is 415 g/mol. The van der Waals surface area contributed by atoms with E-state index in [4.69, 9.17) is 4.42 Å². The largest absolute Gasteiger partial charge is 0.442 e. The van der Waals surface area contributed by atoms with Gasteiger partial charge in [-0.3, -0.25) is 9.10 Å². The van der Waals surface area contributed by atoms with Gasteiger partial charge >= 0.3 is 0 Å². The minimum Gasteiger partial charge on any atom is -0.442 e. The van der Waals surface area contributed by atoms with E-state index in [1.165, 1.54) is 7.05 Å². The number of aromatic nitrogens is 1. The highest BCUT2D eigenvalue weighted by molar-refractivity contribution is 7.92. The number of carbonyl (C=O) groups is 1. The normalized spacial score (nSPS) is 13.5. The van der Waals surface area contributed by atoms with Gasteiger partial charge in [-0.25, -0.2) is 8.42 Å². The Bertz CT molecular complexity index is 1070. The molecule has 0 atom stereocenters. The molecule has 29 heavy (non-hydrogen) atoms. The Labute approximate surface area is 171 Å². The average molecular weight is 416 g/mol. The van der Waals surface area contributed by atoms with Crippen molar-refractivity contribution in [3.8, 4) is 11.3 Å². The number of benzene rings is 1. The molecule has 1 saturated carbocycles. The molecule has 0 radical (unpaired) electrons. The van der Waals surface area contributed by atoms with Crippen molar-refractivity contribution in [3.05, 3.63) is 59.5 Å². The van der Waals surface area contributed by atoms with Crippen molar-refractivity contribution in [2.24, 2.45) is 0 Å². The van der Waals surface area contributed by atoms with E-state index in [0.717, 1.165) is 34.5 Å². The van der Waals surface area contributed by atoms with E-state index in [9.17, 15) is 13.2 Å². The van der Waals surface area contributed by atoms with E-state index >= 15 is 0 Å². The lowest BCUT2D eigenvalue weighted by molar-refractivity contribution is 0.0962. The molecule has 1 aromatic carbocycles. The van der Waals surface area contributed by atoms with Gasteiger partial charge in [-0.1, -0.05) is 36.4 Å². The third-order valence-corrected chi connectivity index (χ3v) is 5.93. The van der Waals surface area contributed by atoms with Crippen molar-refractivity contribution < 1.29 is 17.6 Å². The van der Waals surface area contributed by atoms with Crippen molar-refractivity contribution in [2.45, 2.75) is 25.7 Å². The second-order valence-corrected chi connectivity index (χ2v) is 9.05. The topological polar surface area (TPSA) is 92.5 Å². The highest BCUT2D eigenvalue weighted by Gasteiger charge is 2.29. The van der Waals surface area contributed by atoms with Gasteiger partial charge in [0, 0.05) is 26.6 Å². The van der Waals surface area contributed by atoms with Crippen molar-refractivity contribution in [3.63, 3.8) is 0 Å². The van der Waals surface area contributed by atoms with Gasteiger partial charge in [0.05, 0.1) is 11.8 Å². The fraction of sp³-hybridized carbons (Fsp3) is 0.333. The van der Waals surface area contributed by atoms with Gasteiger partial charge in [0.15, 0.2) is 5.89 Å². The smallest absolute Gasteiger partial charge is 0.254 e. The summed E-state index contributed by atoms with van der Waals surface area (Å²) >= 11 is 0. The Hall–Kier alpha value is -2.87. The molecule has 1 N–H and O–H groups in total. The molecule has 7 nitrogen and oxygen atoms in total. The highest BCUT2D eigenvalue weighted by atomic mass is 32.2. The minimum atomic E-state index is -3.52. The molecule has 0 saturated heterocycles. The number of amides is 1. The number of sulfonamides is 1. The van der Waals surface area contributed by atoms with Crippen LogP contribution in [0.4, 0.5) is 5.82 Å². The molecule has 0 unspecified atom stereocenters. The third kappa shape index (κ3) is 4.76. The maximum absolute atomic E-state index is 12.6. The molecule has 1 fully saturated rings. The zero-order valence-corrected chi connectivity index (χ0v) is 17.8. The van der Waals surface area contributed by atoms with Gasteiger partial charge in [0.2, 0.25) is 10.0 Å². The number of nitrogens with zero attached hydrogens (tertiary/aromatic N) is 2. The SMILES string of the molecule is CNC(=O)c1ccc(C2CC2)c(N(C)S(C)(=O)=O)nc(C)oc1-c1ccccc1. The van der Waals surface area contributed by atoms with Crippen molar-refractivity contribution in [1.29, 1.82) is 0 Å². The third-order valence-electron chi connectivity index (χ3n) is 4.77. The summed E-state index contributed by atoms with van der Waals surface area (Å²) in [7, 11) is -0.490. The van der Waals surface area contributed by atoms with E-state index in [0.29, 0.717) is 17.1 Å². The number of rotatable bonds is 5. The van der Waals surface area contributed by atoms with Crippen LogP contribution in [-0.2, 0) is 10.0 Å². The van der Waals surface area contributed by atoms with Crippen LogP contribution in [0.5, 0.6) is 0 Å². The fourth-order valence-electron chi connectivity index (χ4n) is 3.00. The van der Waals surface area contributed by atoms with E-state index in [2.05, 4.69) is 10.3 Å². The molecule has 1 heterocycles. The molecule has 1 amide bonds. The second-order valence-electron chi connectivity index (χ2n) is 7.04. The Kier molecular flexibility index (Phi) is 5.93. The minimum absolute atomic E-state index is 0.200. The van der Waals surface area contributed by atoms with Gasteiger partial charge in [-0.15, -0.1) is 0 Å². The highest BCUT2D eigenvalue weighted by Crippen LogP contribution is 2.43. The maximum atomic E-state index is 12.6. The summed E-state index contributed by atoms with van der Waals surface area (Å²) in [5.41, 5.74) is 1.84. The van der Waals surface area contributed by atoms with Crippen LogP contribution < -0.4 is 9.62 Å². The molecule has 0 spiro atoms. The number of hydrogen-bond donors (Lipinski definition) is 1. The van der Waals surface area contributed by atoms with Crippen molar-refractivity contribution >= 4 is 21.7 Å². The Morgan fingerprint density at radius 1 is 1.17 bits per heavy atom. The molecule has 0 aliphatic heterocycles. The maximum Gasteiger partial charge on any atom is 0.254 e. The first kappa shape index (κ1) is 20.9. The lowest BCUT2D eigenvalue weighted by Gasteiger charge is -2.17. The van der Waals surface area contributed by atoms with Gasteiger partial charge < -0.3 is 9.73 Å². The molecule has 8 heteroatoms. The predicted octanol–water partition coefficient (Wildman–Crippen LogP) is 3.41. The summed E-state index contributed by atoms with van der Waals surface area (Å²) in [5, 5.41) is 2.65. The summed E-state index contributed by atoms with van der Waals surface area (Å²) in [6.45, 7) is 1.65. The number of anilines is 1. The van der Waals surface area contributed by atoms with Crippen LogP contribution in [0.15, 0.2) is 46.9 Å². The number of aryl methyl sites for hydroxylation is 1. The van der Waals surface area contributed by atoms with Gasteiger partial charge in [0.25, 0.3) is 5.91 Å². The van der Waals surface area contributed by atoms with Crippen LogP contribution in [0.3, 0.4) is 0 Å². The van der Waals surface area contributed by atoms with Crippen LogP contribution in [0.25, 0.3) is 11.3 Å². The summed E-state index contributed by atoms with van der Waals surface area (Å²) in [6.07, 6.45) is 3.03. The molecular formula is C21H25N3O4S. The number of carbonyl (C=O) groups excluding carboxylic acids is 1. The molecule has 0 bridgehead atoms. The summed E-state index contributed by atoms with van der Waals surface area (Å²) in [5.74, 6) is 0.821. The zero-order chi connectivity index (χ0) is 21.2. The quantitative estimate of drug-likeness (QED) is 0.808. The molecule has 3 rings (SSSR count). The Balaban J connectivity index is 2.39. The number of nitrogens with one attached hydrogen (secondary N) is 1. The molecule has 1 aromatic heterocycles. The van der Waals surface area contributed by atoms with Crippen molar-refractivity contribution in [1.82, 2.24) is 10.3 Å². The standard InChI is InChI=1S/C21H25N3O4S/c1-14-23-20(24(3)29(4,26)27)17(15-10-11-15)12-13-18(21(25)22-2)19(28-14)16-8-6-5-7-9-16/h5-9,12-13,15H,10-11H2,1-4H3,(H,22,25). The summed E-state index contributed by atoms with van der Waals surface area (Å²) in [4.78, 5) is 17.1. The predicted molar refractivity (Wildman–Crippen MR) is 113 cm³/mol. The van der Waals surface area contributed by atoms with Gasteiger partial charge in [-0.2, -0.15) is 4.98 Å². The lowest BCUT2D eigenvalue weighted by atomic mass is 10.1.